The van der Waals surface area contributed by atoms with Gasteiger partial charge in [0.15, 0.2) is 0 Å². The largest absolute Gasteiger partial charge is 0.450 e. The second-order valence-electron chi connectivity index (χ2n) is 3.78. The molecule has 17 heavy (non-hydrogen) atoms. The van der Waals surface area contributed by atoms with Crippen molar-refractivity contribution in [1.29, 1.82) is 0 Å². The standard InChI is InChI=1S/C9H10F3N3O2/c10-9(11,12)6(16)5-7-13-8(14-17-7)15-3-1-2-4-15/h1-5H2. The van der Waals surface area contributed by atoms with Crippen molar-refractivity contribution in [3.8, 4) is 0 Å². The molecule has 0 N–H and O–H groups in total. The van der Waals surface area contributed by atoms with Gasteiger partial charge >= 0.3 is 6.18 Å². The van der Waals surface area contributed by atoms with Gasteiger partial charge in [0, 0.05) is 13.1 Å². The van der Waals surface area contributed by atoms with Crippen molar-refractivity contribution in [1.82, 2.24) is 10.1 Å². The fourth-order valence-corrected chi connectivity index (χ4v) is 1.60. The number of alkyl halides is 3. The van der Waals surface area contributed by atoms with E-state index in [0.29, 0.717) is 0 Å². The Morgan fingerprint density at radius 1 is 1.35 bits per heavy atom. The molecule has 0 amide bonds. The summed E-state index contributed by atoms with van der Waals surface area (Å²) in [5.41, 5.74) is 0. The molecule has 0 aromatic carbocycles. The summed E-state index contributed by atoms with van der Waals surface area (Å²) < 4.78 is 40.6. The molecule has 0 radical (unpaired) electrons. The van der Waals surface area contributed by atoms with Crippen molar-refractivity contribution in [2.24, 2.45) is 0 Å². The number of carbonyl (C=O) groups is 1. The molecule has 0 unspecified atom stereocenters. The molecule has 1 fully saturated rings. The number of hydrogen-bond donors (Lipinski definition) is 0. The summed E-state index contributed by atoms with van der Waals surface area (Å²) >= 11 is 0. The van der Waals surface area contributed by atoms with Crippen LogP contribution in [0.5, 0.6) is 0 Å². The number of halogens is 3. The molecule has 5 nitrogen and oxygen atoms in total. The van der Waals surface area contributed by atoms with Gasteiger partial charge in [0.25, 0.3) is 5.95 Å². The predicted octanol–water partition coefficient (Wildman–Crippen LogP) is 1.34. The predicted molar refractivity (Wildman–Crippen MR) is 50.5 cm³/mol. The van der Waals surface area contributed by atoms with E-state index < -0.39 is 18.4 Å². The summed E-state index contributed by atoms with van der Waals surface area (Å²) in [5.74, 6) is -1.92. The van der Waals surface area contributed by atoms with Gasteiger partial charge in [-0.1, -0.05) is 0 Å². The van der Waals surface area contributed by atoms with E-state index in [4.69, 9.17) is 0 Å². The highest BCUT2D eigenvalue weighted by molar-refractivity contribution is 5.85. The molecule has 1 saturated heterocycles. The number of Topliss-reactive ketones (excluding diaryl/α,β-unsaturated/α-hetero) is 1. The third kappa shape index (κ3) is 2.75. The maximum atomic E-state index is 12.0. The number of hydrogen-bond acceptors (Lipinski definition) is 5. The van der Waals surface area contributed by atoms with Gasteiger partial charge in [0.05, 0.1) is 6.42 Å². The lowest BCUT2D eigenvalue weighted by molar-refractivity contribution is -0.170. The quantitative estimate of drug-likeness (QED) is 0.809. The maximum Gasteiger partial charge on any atom is 0.450 e. The highest BCUT2D eigenvalue weighted by atomic mass is 19.4. The SMILES string of the molecule is O=C(Cc1nc(N2CCCC2)no1)C(F)(F)F. The first-order valence-corrected chi connectivity index (χ1v) is 5.14. The minimum Gasteiger partial charge on any atom is -0.338 e. The number of nitrogens with zero attached hydrogens (tertiary/aromatic N) is 3. The van der Waals surface area contributed by atoms with Crippen LogP contribution in [0, 0.1) is 0 Å². The Bertz CT molecular complexity index is 410. The van der Waals surface area contributed by atoms with Gasteiger partial charge in [0.2, 0.25) is 11.7 Å². The minimum absolute atomic E-state index is 0.257. The number of anilines is 1. The van der Waals surface area contributed by atoms with Gasteiger partial charge in [-0.2, -0.15) is 18.2 Å². The van der Waals surface area contributed by atoms with Gasteiger partial charge in [-0.3, -0.25) is 4.79 Å². The van der Waals surface area contributed by atoms with Crippen LogP contribution in [-0.4, -0.2) is 35.2 Å². The first-order valence-electron chi connectivity index (χ1n) is 5.14. The Kier molecular flexibility index (Phi) is 3.03. The molecule has 2 heterocycles. The molecule has 0 aliphatic carbocycles. The zero-order chi connectivity index (χ0) is 12.5. The molecule has 1 aromatic heterocycles. The molecule has 0 spiro atoms. The smallest absolute Gasteiger partial charge is 0.338 e. The van der Waals surface area contributed by atoms with Crippen molar-refractivity contribution in [3.05, 3.63) is 5.89 Å². The topological polar surface area (TPSA) is 59.2 Å². The lowest BCUT2D eigenvalue weighted by atomic mass is 10.3. The molecule has 94 valence electrons. The molecule has 8 heteroatoms. The van der Waals surface area contributed by atoms with Crippen LogP contribution < -0.4 is 4.90 Å². The monoisotopic (exact) mass is 249 g/mol. The second-order valence-corrected chi connectivity index (χ2v) is 3.78. The van der Waals surface area contributed by atoms with Crippen LogP contribution in [0.25, 0.3) is 0 Å². The van der Waals surface area contributed by atoms with Crippen LogP contribution in [0.3, 0.4) is 0 Å². The number of aromatic nitrogens is 2. The van der Waals surface area contributed by atoms with Crippen LogP contribution in [0.2, 0.25) is 0 Å². The van der Waals surface area contributed by atoms with Gasteiger partial charge < -0.3 is 9.42 Å². The van der Waals surface area contributed by atoms with Crippen molar-refractivity contribution >= 4 is 11.7 Å². The van der Waals surface area contributed by atoms with E-state index >= 15 is 0 Å². The summed E-state index contributed by atoms with van der Waals surface area (Å²) in [7, 11) is 0. The average Bonchev–Trinajstić information content (AvgIpc) is 2.83. The van der Waals surface area contributed by atoms with Crippen LogP contribution >= 0.6 is 0 Å². The molecule has 0 bridgehead atoms. The second kappa shape index (κ2) is 4.34. The molecular weight excluding hydrogens is 239 g/mol. The molecule has 1 aliphatic heterocycles. The Labute approximate surface area is 94.6 Å². The Balaban J connectivity index is 2.01. The Morgan fingerprint density at radius 2 is 2.00 bits per heavy atom. The number of rotatable bonds is 3. The van der Waals surface area contributed by atoms with Crippen molar-refractivity contribution in [2.45, 2.75) is 25.4 Å². The highest BCUT2D eigenvalue weighted by Gasteiger charge is 2.39. The van der Waals surface area contributed by atoms with Gasteiger partial charge in [-0.25, -0.2) is 0 Å². The van der Waals surface area contributed by atoms with Crippen LogP contribution in [-0.2, 0) is 11.2 Å². The maximum absolute atomic E-state index is 12.0. The highest BCUT2D eigenvalue weighted by Crippen LogP contribution is 2.20. The third-order valence-corrected chi connectivity index (χ3v) is 2.47. The number of ketones is 1. The van der Waals surface area contributed by atoms with Crippen molar-refractivity contribution in [3.63, 3.8) is 0 Å². The molecule has 1 aliphatic rings. The van der Waals surface area contributed by atoms with E-state index in [0.717, 1.165) is 25.9 Å². The van der Waals surface area contributed by atoms with Gasteiger partial charge in [-0.15, -0.1) is 0 Å². The van der Waals surface area contributed by atoms with Crippen LogP contribution in [0.15, 0.2) is 4.52 Å². The van der Waals surface area contributed by atoms with E-state index in [1.54, 1.807) is 0 Å². The zero-order valence-electron chi connectivity index (χ0n) is 8.83. The molecule has 1 aromatic rings. The number of carbonyl (C=O) groups excluding carboxylic acids is 1. The zero-order valence-corrected chi connectivity index (χ0v) is 8.83. The summed E-state index contributed by atoms with van der Waals surface area (Å²) in [5, 5.41) is 3.55. The molecule has 2 rings (SSSR count). The molecular formula is C9H10F3N3O2. The fraction of sp³-hybridized carbons (Fsp3) is 0.667. The van der Waals surface area contributed by atoms with Gasteiger partial charge in [-0.05, 0) is 18.0 Å². The van der Waals surface area contributed by atoms with E-state index in [1.165, 1.54) is 0 Å². The first-order chi connectivity index (χ1) is 7.97. The summed E-state index contributed by atoms with van der Waals surface area (Å²) in [6.07, 6.45) is -3.77. The fourth-order valence-electron chi connectivity index (χ4n) is 1.60. The third-order valence-electron chi connectivity index (χ3n) is 2.47. The summed E-state index contributed by atoms with van der Waals surface area (Å²) in [4.78, 5) is 16.3. The first kappa shape index (κ1) is 11.9. The van der Waals surface area contributed by atoms with Crippen molar-refractivity contribution in [2.75, 3.05) is 18.0 Å². The Morgan fingerprint density at radius 3 is 2.59 bits per heavy atom. The minimum atomic E-state index is -4.86. The van der Waals surface area contributed by atoms with E-state index in [2.05, 4.69) is 14.7 Å². The van der Waals surface area contributed by atoms with E-state index in [9.17, 15) is 18.0 Å². The van der Waals surface area contributed by atoms with Gasteiger partial charge in [0.1, 0.15) is 0 Å². The van der Waals surface area contributed by atoms with E-state index in [1.807, 2.05) is 4.90 Å². The lowest BCUT2D eigenvalue weighted by Crippen LogP contribution is -2.24. The normalized spacial score (nSPS) is 16.5. The summed E-state index contributed by atoms with van der Waals surface area (Å²) in [6.45, 7) is 1.51. The van der Waals surface area contributed by atoms with Crippen molar-refractivity contribution < 1.29 is 22.5 Å². The summed E-state index contributed by atoms with van der Waals surface area (Å²) in [6, 6.07) is 0. The molecule has 0 atom stereocenters. The van der Waals surface area contributed by atoms with Crippen LogP contribution in [0.4, 0.5) is 19.1 Å². The average molecular weight is 249 g/mol. The van der Waals surface area contributed by atoms with Crippen LogP contribution in [0.1, 0.15) is 18.7 Å². The lowest BCUT2D eigenvalue weighted by Gasteiger charge is -2.09. The van der Waals surface area contributed by atoms with E-state index in [-0.39, 0.29) is 11.8 Å². The molecule has 0 saturated carbocycles. The Hall–Kier alpha value is -1.60.